The van der Waals surface area contributed by atoms with Gasteiger partial charge in [-0.2, -0.15) is 0 Å². The minimum Gasteiger partial charge on any atom is -0.496 e. The van der Waals surface area contributed by atoms with Gasteiger partial charge in [0.15, 0.2) is 0 Å². The number of methoxy groups -OCH3 is 1. The van der Waals surface area contributed by atoms with Gasteiger partial charge in [-0.05, 0) is 20.2 Å². The normalized spacial score (nSPS) is 10.9. The molecule has 0 aliphatic rings. The number of nitrogen functional groups attached to an aromatic ring is 1. The van der Waals surface area contributed by atoms with Gasteiger partial charge in [0.05, 0.1) is 24.3 Å². The molecule has 0 spiro atoms. The SMILES string of the molecule is COc1cc(C#CCN(C)C)c([N+](=O)[O-])cc1-c1cnc(N)nc1-c1cn(C)c2ccccc12. The van der Waals surface area contributed by atoms with Crippen LogP contribution in [0.4, 0.5) is 11.6 Å². The van der Waals surface area contributed by atoms with E-state index in [0.29, 0.717) is 29.1 Å². The summed E-state index contributed by atoms with van der Waals surface area (Å²) in [6.07, 6.45) is 3.52. The molecule has 0 aliphatic heterocycles. The van der Waals surface area contributed by atoms with E-state index in [1.54, 1.807) is 12.3 Å². The van der Waals surface area contributed by atoms with Gasteiger partial charge in [-0.25, -0.2) is 9.97 Å². The maximum Gasteiger partial charge on any atom is 0.285 e. The Labute approximate surface area is 197 Å². The first-order chi connectivity index (χ1) is 16.3. The van der Waals surface area contributed by atoms with Crippen molar-refractivity contribution in [2.45, 2.75) is 0 Å². The summed E-state index contributed by atoms with van der Waals surface area (Å²) in [5.74, 6) is 6.37. The van der Waals surface area contributed by atoms with Crippen molar-refractivity contribution in [3.8, 4) is 40.0 Å². The van der Waals surface area contributed by atoms with Crippen LogP contribution in [0.2, 0.25) is 0 Å². The van der Waals surface area contributed by atoms with Gasteiger partial charge >= 0.3 is 0 Å². The van der Waals surface area contributed by atoms with E-state index in [0.717, 1.165) is 16.5 Å². The lowest BCUT2D eigenvalue weighted by molar-refractivity contribution is -0.385. The van der Waals surface area contributed by atoms with Crippen LogP contribution >= 0.6 is 0 Å². The average molecular weight is 457 g/mol. The van der Waals surface area contributed by atoms with Crippen molar-refractivity contribution in [3.05, 3.63) is 64.5 Å². The zero-order chi connectivity index (χ0) is 24.4. The van der Waals surface area contributed by atoms with Gasteiger partial charge < -0.3 is 15.0 Å². The van der Waals surface area contributed by atoms with Crippen LogP contribution in [0.3, 0.4) is 0 Å². The molecule has 2 N–H and O–H groups in total. The Kier molecular flexibility index (Phi) is 6.17. The molecule has 4 rings (SSSR count). The number of fused-ring (bicyclic) bond motifs is 1. The Morgan fingerprint density at radius 3 is 2.68 bits per heavy atom. The van der Waals surface area contributed by atoms with Gasteiger partial charge in [0.25, 0.3) is 5.69 Å². The van der Waals surface area contributed by atoms with Gasteiger partial charge in [0.2, 0.25) is 5.95 Å². The molecule has 0 fully saturated rings. The maximum absolute atomic E-state index is 11.9. The molecule has 0 saturated heterocycles. The third-order valence-corrected chi connectivity index (χ3v) is 5.38. The number of rotatable bonds is 5. The number of para-hydroxylation sites is 1. The lowest BCUT2D eigenvalue weighted by atomic mass is 9.97. The molecule has 0 bridgehead atoms. The van der Waals surface area contributed by atoms with Crippen molar-refractivity contribution in [1.82, 2.24) is 19.4 Å². The Morgan fingerprint density at radius 1 is 1.21 bits per heavy atom. The monoisotopic (exact) mass is 456 g/mol. The second kappa shape index (κ2) is 9.21. The van der Waals surface area contributed by atoms with Crippen molar-refractivity contribution >= 4 is 22.5 Å². The third kappa shape index (κ3) is 4.27. The molecule has 0 aliphatic carbocycles. The Bertz CT molecular complexity index is 1460. The van der Waals surface area contributed by atoms with Crippen molar-refractivity contribution in [3.63, 3.8) is 0 Å². The van der Waals surface area contributed by atoms with Crippen LogP contribution in [0.1, 0.15) is 5.56 Å². The number of nitrogens with zero attached hydrogens (tertiary/aromatic N) is 5. The van der Waals surface area contributed by atoms with Crippen molar-refractivity contribution < 1.29 is 9.66 Å². The zero-order valence-corrected chi connectivity index (χ0v) is 19.4. The molecule has 172 valence electrons. The highest BCUT2D eigenvalue weighted by Crippen LogP contribution is 2.41. The third-order valence-electron chi connectivity index (χ3n) is 5.38. The fourth-order valence-electron chi connectivity index (χ4n) is 3.82. The Morgan fingerprint density at radius 2 is 1.97 bits per heavy atom. The van der Waals surface area contributed by atoms with E-state index in [2.05, 4.69) is 21.8 Å². The van der Waals surface area contributed by atoms with Gasteiger partial charge in [-0.15, -0.1) is 0 Å². The van der Waals surface area contributed by atoms with E-state index < -0.39 is 4.92 Å². The first kappa shape index (κ1) is 22.8. The minimum absolute atomic E-state index is 0.103. The summed E-state index contributed by atoms with van der Waals surface area (Å²) in [7, 11) is 7.21. The molecule has 9 nitrogen and oxygen atoms in total. The summed E-state index contributed by atoms with van der Waals surface area (Å²) in [5, 5.41) is 12.9. The number of aromatic nitrogens is 3. The smallest absolute Gasteiger partial charge is 0.285 e. The summed E-state index contributed by atoms with van der Waals surface area (Å²) in [6, 6.07) is 11.0. The number of aryl methyl sites for hydroxylation is 1. The van der Waals surface area contributed by atoms with Gasteiger partial charge in [-0.3, -0.25) is 15.0 Å². The molecular weight excluding hydrogens is 432 g/mol. The summed E-state index contributed by atoms with van der Waals surface area (Å²) in [6.45, 7) is 0.470. The number of benzene rings is 2. The lowest BCUT2D eigenvalue weighted by Gasteiger charge is -2.13. The number of ether oxygens (including phenoxy) is 1. The predicted molar refractivity (Wildman–Crippen MR) is 132 cm³/mol. The van der Waals surface area contributed by atoms with E-state index in [1.807, 2.05) is 61.1 Å². The Balaban J connectivity index is 1.97. The standard InChI is InChI=1S/C25H24N6O3/c1-29(2)11-7-8-16-12-23(34-4)18(13-22(16)31(32)33)19-14-27-25(26)28-24(19)20-15-30(3)21-10-6-5-9-17(20)21/h5-6,9-10,12-15H,11H2,1-4H3,(H2,26,27,28). The highest BCUT2D eigenvalue weighted by atomic mass is 16.6. The first-order valence-corrected chi connectivity index (χ1v) is 10.5. The Hall–Kier alpha value is -4.42. The van der Waals surface area contributed by atoms with Crippen LogP contribution in [0.15, 0.2) is 48.8 Å². The number of nitro benzene ring substituents is 1. The number of hydrogen-bond donors (Lipinski definition) is 1. The summed E-state index contributed by atoms with van der Waals surface area (Å²) in [4.78, 5) is 22.0. The molecule has 4 aromatic rings. The van der Waals surface area contributed by atoms with E-state index in [9.17, 15) is 10.1 Å². The molecule has 34 heavy (non-hydrogen) atoms. The lowest BCUT2D eigenvalue weighted by Crippen LogP contribution is -2.10. The highest BCUT2D eigenvalue weighted by Gasteiger charge is 2.23. The molecule has 0 atom stereocenters. The fraction of sp³-hybridized carbons (Fsp3) is 0.200. The molecule has 2 aromatic carbocycles. The van der Waals surface area contributed by atoms with E-state index in [1.165, 1.54) is 13.2 Å². The number of hydrogen-bond acceptors (Lipinski definition) is 7. The second-order valence-corrected chi connectivity index (χ2v) is 8.03. The second-order valence-electron chi connectivity index (χ2n) is 8.03. The van der Waals surface area contributed by atoms with Crippen molar-refractivity contribution in [1.29, 1.82) is 0 Å². The molecule has 0 unspecified atom stereocenters. The van der Waals surface area contributed by atoms with Gasteiger partial charge in [-0.1, -0.05) is 30.0 Å². The average Bonchev–Trinajstić information content (AvgIpc) is 3.15. The van der Waals surface area contributed by atoms with E-state index in [-0.39, 0.29) is 17.2 Å². The van der Waals surface area contributed by atoms with Crippen LogP contribution in [-0.4, -0.2) is 52.1 Å². The fourth-order valence-corrected chi connectivity index (χ4v) is 3.82. The predicted octanol–water partition coefficient (Wildman–Crippen LogP) is 3.71. The van der Waals surface area contributed by atoms with Crippen LogP contribution in [0.5, 0.6) is 5.75 Å². The first-order valence-electron chi connectivity index (χ1n) is 10.5. The minimum atomic E-state index is -0.446. The van der Waals surface area contributed by atoms with Crippen molar-refractivity contribution in [2.24, 2.45) is 7.05 Å². The molecule has 0 amide bonds. The van der Waals surface area contributed by atoms with Gasteiger partial charge in [0, 0.05) is 59.2 Å². The largest absolute Gasteiger partial charge is 0.496 e. The summed E-state index contributed by atoms with van der Waals surface area (Å²) >= 11 is 0. The van der Waals surface area contributed by atoms with E-state index >= 15 is 0 Å². The molecule has 0 radical (unpaired) electrons. The highest BCUT2D eigenvalue weighted by molar-refractivity contribution is 5.99. The molecule has 9 heteroatoms. The van der Waals surface area contributed by atoms with Crippen molar-refractivity contribution in [2.75, 3.05) is 33.5 Å². The van der Waals surface area contributed by atoms with Crippen LogP contribution in [-0.2, 0) is 7.05 Å². The van der Waals surface area contributed by atoms with Crippen LogP contribution in [0, 0.1) is 22.0 Å². The number of nitro groups is 1. The van der Waals surface area contributed by atoms with Crippen LogP contribution in [0.25, 0.3) is 33.3 Å². The quantitative estimate of drug-likeness (QED) is 0.277. The molecular formula is C25H24N6O3. The zero-order valence-electron chi connectivity index (χ0n) is 19.4. The van der Waals surface area contributed by atoms with Gasteiger partial charge in [0.1, 0.15) is 11.3 Å². The summed E-state index contributed by atoms with van der Waals surface area (Å²) in [5.41, 5.74) is 9.57. The van der Waals surface area contributed by atoms with Crippen LogP contribution < -0.4 is 10.5 Å². The molecule has 2 heterocycles. The number of nitrogens with two attached hydrogens (primary N) is 1. The number of anilines is 1. The van der Waals surface area contributed by atoms with E-state index in [4.69, 9.17) is 10.5 Å². The molecule has 0 saturated carbocycles. The summed E-state index contributed by atoms with van der Waals surface area (Å²) < 4.78 is 7.62. The maximum atomic E-state index is 11.9. The molecule has 2 aromatic heterocycles. The topological polar surface area (TPSA) is 112 Å².